The van der Waals surface area contributed by atoms with E-state index in [1.165, 1.54) is 18.2 Å². The first kappa shape index (κ1) is 11.3. The van der Waals surface area contributed by atoms with E-state index in [-0.39, 0.29) is 22.1 Å². The molecule has 0 spiro atoms. The maximum Gasteiger partial charge on any atom is 0.152 e. The Morgan fingerprint density at radius 1 is 1.12 bits per heavy atom. The van der Waals surface area contributed by atoms with Crippen LogP contribution in [0.2, 0.25) is 5.02 Å². The quantitative estimate of drug-likeness (QED) is 0.810. The lowest BCUT2D eigenvalue weighted by atomic mass is 9.99. The first-order valence-electron chi connectivity index (χ1n) is 4.84. The molecule has 2 aromatic rings. The number of aromatic hydroxyl groups is 2. The number of hydrogen-bond acceptors (Lipinski definition) is 3. The summed E-state index contributed by atoms with van der Waals surface area (Å²) in [6, 6.07) is 11.5. The van der Waals surface area contributed by atoms with Crippen LogP contribution in [0.25, 0.3) is 11.1 Å². The summed E-state index contributed by atoms with van der Waals surface area (Å²) in [5, 5.41) is 28.2. The number of halogens is 1. The minimum absolute atomic E-state index is 0.0980. The van der Waals surface area contributed by atoms with Crippen LogP contribution >= 0.6 is 11.6 Å². The van der Waals surface area contributed by atoms with E-state index in [2.05, 4.69) is 0 Å². The van der Waals surface area contributed by atoms with Crippen LogP contribution in [-0.2, 0) is 0 Å². The maximum atomic E-state index is 9.69. The van der Waals surface area contributed by atoms with Crippen molar-refractivity contribution in [3.8, 4) is 28.7 Å². The van der Waals surface area contributed by atoms with E-state index in [1.807, 2.05) is 6.07 Å². The van der Waals surface area contributed by atoms with Gasteiger partial charge in [0, 0.05) is 5.56 Å². The van der Waals surface area contributed by atoms with E-state index in [9.17, 15) is 10.2 Å². The molecule has 0 saturated carbocycles. The SMILES string of the molecule is N#Cc1c(-c2cccc(O)c2)ccc(Cl)c1O. The third kappa shape index (κ3) is 2.03. The van der Waals surface area contributed by atoms with Crippen molar-refractivity contribution >= 4 is 11.6 Å². The second-order valence-electron chi connectivity index (χ2n) is 3.48. The van der Waals surface area contributed by atoms with Gasteiger partial charge in [0.1, 0.15) is 17.4 Å². The molecule has 0 bridgehead atoms. The van der Waals surface area contributed by atoms with Crippen LogP contribution in [0.1, 0.15) is 5.56 Å². The van der Waals surface area contributed by atoms with Gasteiger partial charge < -0.3 is 10.2 Å². The van der Waals surface area contributed by atoms with Crippen LogP contribution in [0.15, 0.2) is 36.4 Å². The zero-order valence-electron chi connectivity index (χ0n) is 8.68. The molecule has 0 fully saturated rings. The van der Waals surface area contributed by atoms with Gasteiger partial charge in [0.05, 0.1) is 5.02 Å². The third-order valence-corrected chi connectivity index (χ3v) is 2.70. The molecule has 0 radical (unpaired) electrons. The van der Waals surface area contributed by atoms with E-state index in [4.69, 9.17) is 16.9 Å². The Balaban J connectivity index is 2.69. The van der Waals surface area contributed by atoms with Crippen molar-refractivity contribution in [2.45, 2.75) is 0 Å². The van der Waals surface area contributed by atoms with Gasteiger partial charge in [-0.3, -0.25) is 0 Å². The Bertz CT molecular complexity index is 617. The number of phenolic OH excluding ortho intramolecular Hbond substituents is 2. The average molecular weight is 246 g/mol. The summed E-state index contributed by atoms with van der Waals surface area (Å²) < 4.78 is 0. The molecule has 0 aromatic heterocycles. The minimum Gasteiger partial charge on any atom is -0.508 e. The van der Waals surface area contributed by atoms with Crippen molar-refractivity contribution in [1.82, 2.24) is 0 Å². The van der Waals surface area contributed by atoms with E-state index < -0.39 is 0 Å². The molecule has 0 aliphatic rings. The normalized spacial score (nSPS) is 9.88. The summed E-state index contributed by atoms with van der Waals surface area (Å²) in [7, 11) is 0. The van der Waals surface area contributed by atoms with Gasteiger partial charge in [-0.2, -0.15) is 5.26 Å². The minimum atomic E-state index is -0.241. The second kappa shape index (κ2) is 4.36. The van der Waals surface area contributed by atoms with Crippen molar-refractivity contribution < 1.29 is 10.2 Å². The lowest BCUT2D eigenvalue weighted by Crippen LogP contribution is -1.86. The Morgan fingerprint density at radius 3 is 2.53 bits per heavy atom. The van der Waals surface area contributed by atoms with Crippen LogP contribution in [0.5, 0.6) is 11.5 Å². The molecule has 0 aliphatic heterocycles. The van der Waals surface area contributed by atoms with Crippen molar-refractivity contribution in [3.05, 3.63) is 47.0 Å². The summed E-state index contributed by atoms with van der Waals surface area (Å²) in [6.07, 6.45) is 0. The summed E-state index contributed by atoms with van der Waals surface area (Å²) in [4.78, 5) is 0. The Hall–Kier alpha value is -2.18. The first-order valence-corrected chi connectivity index (χ1v) is 5.22. The molecule has 0 saturated heterocycles. The molecule has 0 unspecified atom stereocenters. The number of hydrogen-bond donors (Lipinski definition) is 2. The highest BCUT2D eigenvalue weighted by Gasteiger charge is 2.12. The number of phenols is 2. The van der Waals surface area contributed by atoms with Gasteiger partial charge >= 0.3 is 0 Å². The average Bonchev–Trinajstić information content (AvgIpc) is 2.32. The van der Waals surface area contributed by atoms with Crippen LogP contribution in [0.3, 0.4) is 0 Å². The van der Waals surface area contributed by atoms with Crippen molar-refractivity contribution in [3.63, 3.8) is 0 Å². The fraction of sp³-hybridized carbons (Fsp3) is 0. The maximum absolute atomic E-state index is 9.69. The fourth-order valence-electron chi connectivity index (χ4n) is 1.59. The second-order valence-corrected chi connectivity index (χ2v) is 3.89. The number of nitrogens with zero attached hydrogens (tertiary/aromatic N) is 1. The molecule has 84 valence electrons. The zero-order valence-corrected chi connectivity index (χ0v) is 9.44. The molecule has 0 heterocycles. The largest absolute Gasteiger partial charge is 0.508 e. The molecular weight excluding hydrogens is 238 g/mol. The molecule has 3 nitrogen and oxygen atoms in total. The third-order valence-electron chi connectivity index (χ3n) is 2.40. The molecule has 2 rings (SSSR count). The van der Waals surface area contributed by atoms with Gasteiger partial charge in [-0.25, -0.2) is 0 Å². The van der Waals surface area contributed by atoms with Gasteiger partial charge in [-0.15, -0.1) is 0 Å². The van der Waals surface area contributed by atoms with E-state index >= 15 is 0 Å². The van der Waals surface area contributed by atoms with E-state index in [0.717, 1.165) is 0 Å². The zero-order chi connectivity index (χ0) is 12.4. The number of benzene rings is 2. The van der Waals surface area contributed by atoms with Gasteiger partial charge in [0.15, 0.2) is 5.75 Å². The van der Waals surface area contributed by atoms with Gasteiger partial charge in [0.25, 0.3) is 0 Å². The standard InChI is InChI=1S/C13H8ClNO2/c14-12-5-4-10(11(7-15)13(12)17)8-2-1-3-9(16)6-8/h1-6,16-17H. The summed E-state index contributed by atoms with van der Waals surface area (Å²) >= 11 is 5.73. The summed E-state index contributed by atoms with van der Waals surface area (Å²) in [6.45, 7) is 0. The highest BCUT2D eigenvalue weighted by atomic mass is 35.5. The van der Waals surface area contributed by atoms with Crippen LogP contribution in [0, 0.1) is 11.3 Å². The first-order chi connectivity index (χ1) is 8.13. The monoisotopic (exact) mass is 245 g/mol. The predicted molar refractivity (Wildman–Crippen MR) is 64.9 cm³/mol. The molecule has 17 heavy (non-hydrogen) atoms. The fourth-order valence-corrected chi connectivity index (χ4v) is 1.75. The molecule has 0 atom stereocenters. The summed E-state index contributed by atoms with van der Waals surface area (Å²) in [5.74, 6) is -0.143. The van der Waals surface area contributed by atoms with Crippen LogP contribution in [-0.4, -0.2) is 10.2 Å². The van der Waals surface area contributed by atoms with Crippen LogP contribution < -0.4 is 0 Å². The topological polar surface area (TPSA) is 64.2 Å². The molecule has 0 aliphatic carbocycles. The lowest BCUT2D eigenvalue weighted by Gasteiger charge is -2.07. The molecule has 2 aromatic carbocycles. The van der Waals surface area contributed by atoms with Gasteiger partial charge in [0.2, 0.25) is 0 Å². The highest BCUT2D eigenvalue weighted by molar-refractivity contribution is 6.32. The molecule has 0 amide bonds. The van der Waals surface area contributed by atoms with Crippen molar-refractivity contribution in [2.75, 3.05) is 0 Å². The van der Waals surface area contributed by atoms with Gasteiger partial charge in [-0.1, -0.05) is 29.8 Å². The van der Waals surface area contributed by atoms with Gasteiger partial charge in [-0.05, 0) is 23.8 Å². The smallest absolute Gasteiger partial charge is 0.152 e. The Morgan fingerprint density at radius 2 is 1.88 bits per heavy atom. The molecule has 2 N–H and O–H groups in total. The van der Waals surface area contributed by atoms with E-state index in [1.54, 1.807) is 18.2 Å². The van der Waals surface area contributed by atoms with Crippen molar-refractivity contribution in [1.29, 1.82) is 5.26 Å². The molecule has 4 heteroatoms. The molecular formula is C13H8ClNO2. The lowest BCUT2D eigenvalue weighted by molar-refractivity contribution is 0.473. The Kier molecular flexibility index (Phi) is 2.90. The number of nitriles is 1. The van der Waals surface area contributed by atoms with Crippen molar-refractivity contribution in [2.24, 2.45) is 0 Å². The number of rotatable bonds is 1. The Labute approximate surface area is 103 Å². The van der Waals surface area contributed by atoms with Crippen LogP contribution in [0.4, 0.5) is 0 Å². The summed E-state index contributed by atoms with van der Waals surface area (Å²) in [5.41, 5.74) is 1.28. The van der Waals surface area contributed by atoms with E-state index in [0.29, 0.717) is 11.1 Å². The highest BCUT2D eigenvalue weighted by Crippen LogP contribution is 2.35. The predicted octanol–water partition coefficient (Wildman–Crippen LogP) is 3.29.